The number of hydrogen-bond donors (Lipinski definition) is 1. The minimum absolute atomic E-state index is 0.0765. The molecule has 0 radical (unpaired) electrons. The van der Waals surface area contributed by atoms with Gasteiger partial charge in [-0.1, -0.05) is 13.3 Å². The van der Waals surface area contributed by atoms with Crippen LogP contribution in [-0.2, 0) is 5.54 Å². The minimum Gasteiger partial charge on any atom is -0.325 e. The summed E-state index contributed by atoms with van der Waals surface area (Å²) in [5.74, 6) is 3.98. The van der Waals surface area contributed by atoms with E-state index in [0.29, 0.717) is 5.92 Å². The fourth-order valence-electron chi connectivity index (χ4n) is 3.33. The predicted octanol–water partition coefficient (Wildman–Crippen LogP) is 4.38. The highest BCUT2D eigenvalue weighted by Crippen LogP contribution is 2.39. The average molecular weight is 313 g/mol. The van der Waals surface area contributed by atoms with Crippen molar-refractivity contribution in [2.45, 2.75) is 65.3 Å². The summed E-state index contributed by atoms with van der Waals surface area (Å²) < 4.78 is 2.09. The summed E-state index contributed by atoms with van der Waals surface area (Å²) in [5, 5.41) is 8.35. The predicted molar refractivity (Wildman–Crippen MR) is 93.0 cm³/mol. The summed E-state index contributed by atoms with van der Waals surface area (Å²) in [7, 11) is 0. The third-order valence-corrected chi connectivity index (χ3v) is 4.51. The highest BCUT2D eigenvalue weighted by atomic mass is 15.4. The fraction of sp³-hybridized carbons (Fsp3) is 0.611. The molecule has 2 aromatic heterocycles. The largest absolute Gasteiger partial charge is 0.325 e. The van der Waals surface area contributed by atoms with E-state index >= 15 is 0 Å². The van der Waals surface area contributed by atoms with E-state index in [9.17, 15) is 0 Å². The molecular formula is C18H27N5. The lowest BCUT2D eigenvalue weighted by atomic mass is 10.0. The molecule has 23 heavy (non-hydrogen) atoms. The molecule has 0 unspecified atom stereocenters. The maximum atomic E-state index is 4.93. The van der Waals surface area contributed by atoms with Crippen molar-refractivity contribution in [1.29, 1.82) is 0 Å². The van der Waals surface area contributed by atoms with Crippen LogP contribution >= 0.6 is 0 Å². The van der Waals surface area contributed by atoms with Crippen LogP contribution in [0.3, 0.4) is 0 Å². The monoisotopic (exact) mass is 313 g/mol. The van der Waals surface area contributed by atoms with Crippen molar-refractivity contribution in [3.8, 4) is 0 Å². The van der Waals surface area contributed by atoms with E-state index in [-0.39, 0.29) is 5.54 Å². The molecule has 0 aromatic carbocycles. The lowest BCUT2D eigenvalue weighted by Crippen LogP contribution is -2.25. The van der Waals surface area contributed by atoms with Crippen molar-refractivity contribution in [2.24, 2.45) is 5.92 Å². The molecule has 2 aromatic rings. The maximum Gasteiger partial charge on any atom is 0.135 e. The molecule has 1 aliphatic carbocycles. The van der Waals surface area contributed by atoms with Gasteiger partial charge in [-0.25, -0.2) is 14.6 Å². The first kappa shape index (κ1) is 16.0. The molecule has 1 N–H and O–H groups in total. The molecular weight excluding hydrogens is 286 g/mol. The van der Waals surface area contributed by atoms with Gasteiger partial charge in [-0.3, -0.25) is 0 Å². The topological polar surface area (TPSA) is 55.6 Å². The Morgan fingerprint density at radius 2 is 2.04 bits per heavy atom. The molecule has 0 bridgehead atoms. The number of aromatic nitrogens is 4. The van der Waals surface area contributed by atoms with E-state index in [4.69, 9.17) is 5.10 Å². The zero-order valence-electron chi connectivity index (χ0n) is 14.8. The van der Waals surface area contributed by atoms with Crippen molar-refractivity contribution in [2.75, 3.05) is 5.32 Å². The van der Waals surface area contributed by atoms with Crippen LogP contribution in [0, 0.1) is 12.8 Å². The molecule has 3 rings (SSSR count). The van der Waals surface area contributed by atoms with E-state index in [1.54, 1.807) is 6.20 Å². The van der Waals surface area contributed by atoms with Gasteiger partial charge >= 0.3 is 0 Å². The van der Waals surface area contributed by atoms with E-state index < -0.39 is 0 Å². The van der Waals surface area contributed by atoms with Crippen LogP contribution in [-0.4, -0.2) is 19.7 Å². The zero-order valence-corrected chi connectivity index (χ0v) is 14.8. The lowest BCUT2D eigenvalue weighted by molar-refractivity contribution is 0.356. The van der Waals surface area contributed by atoms with Crippen molar-refractivity contribution in [3.63, 3.8) is 0 Å². The fourth-order valence-corrected chi connectivity index (χ4v) is 3.33. The molecule has 1 aliphatic rings. The molecule has 0 saturated heterocycles. The Morgan fingerprint density at radius 3 is 2.65 bits per heavy atom. The Bertz CT molecular complexity index is 683. The second-order valence-electron chi connectivity index (χ2n) is 7.77. The number of aryl methyl sites for hydroxylation is 1. The maximum absolute atomic E-state index is 4.93. The Morgan fingerprint density at radius 1 is 1.26 bits per heavy atom. The highest BCUT2D eigenvalue weighted by molar-refractivity contribution is 5.53. The Balaban J connectivity index is 1.92. The SMILES string of the molecule is Cc1nccc(Nc2cc([C@H]3CC[C@@H](C)C3)nn2C(C)(C)C)n1. The Hall–Kier alpha value is -1.91. The van der Waals surface area contributed by atoms with Crippen LogP contribution < -0.4 is 5.32 Å². The normalized spacial score (nSPS) is 21.6. The summed E-state index contributed by atoms with van der Waals surface area (Å²) in [6.45, 7) is 10.8. The van der Waals surface area contributed by atoms with Crippen LogP contribution in [0.2, 0.25) is 0 Å². The summed E-state index contributed by atoms with van der Waals surface area (Å²) in [4.78, 5) is 8.60. The third-order valence-electron chi connectivity index (χ3n) is 4.51. The van der Waals surface area contributed by atoms with Crippen molar-refractivity contribution < 1.29 is 0 Å². The van der Waals surface area contributed by atoms with Gasteiger partial charge in [0.05, 0.1) is 11.2 Å². The molecule has 1 fully saturated rings. The summed E-state index contributed by atoms with van der Waals surface area (Å²) in [6, 6.07) is 4.09. The summed E-state index contributed by atoms with van der Waals surface area (Å²) in [6.07, 6.45) is 5.57. The van der Waals surface area contributed by atoms with Gasteiger partial charge in [-0.15, -0.1) is 0 Å². The Kier molecular flexibility index (Phi) is 4.13. The van der Waals surface area contributed by atoms with Gasteiger partial charge in [-0.05, 0) is 52.5 Å². The molecule has 2 atom stereocenters. The molecule has 2 heterocycles. The number of rotatable bonds is 3. The van der Waals surface area contributed by atoms with Crippen LogP contribution in [0.25, 0.3) is 0 Å². The van der Waals surface area contributed by atoms with Gasteiger partial charge < -0.3 is 5.32 Å². The first-order valence-electron chi connectivity index (χ1n) is 8.50. The smallest absolute Gasteiger partial charge is 0.135 e. The van der Waals surface area contributed by atoms with Gasteiger partial charge in [0.2, 0.25) is 0 Å². The molecule has 0 amide bonds. The van der Waals surface area contributed by atoms with Crippen LogP contribution in [0.4, 0.5) is 11.6 Å². The molecule has 0 spiro atoms. The van der Waals surface area contributed by atoms with Gasteiger partial charge in [0.1, 0.15) is 17.5 Å². The van der Waals surface area contributed by atoms with Crippen LogP contribution in [0.1, 0.15) is 64.4 Å². The third kappa shape index (κ3) is 3.54. The van der Waals surface area contributed by atoms with Crippen molar-refractivity contribution in [1.82, 2.24) is 19.7 Å². The van der Waals surface area contributed by atoms with Gasteiger partial charge in [0.25, 0.3) is 0 Å². The van der Waals surface area contributed by atoms with Crippen LogP contribution in [0.15, 0.2) is 18.3 Å². The quantitative estimate of drug-likeness (QED) is 0.913. The second-order valence-corrected chi connectivity index (χ2v) is 7.77. The van der Waals surface area contributed by atoms with Gasteiger partial charge in [-0.2, -0.15) is 5.10 Å². The standard InChI is InChI=1S/C18H27N5/c1-12-6-7-14(10-12)15-11-17(23(22-15)18(3,4)5)21-16-8-9-19-13(2)20-16/h8-9,11-12,14H,6-7,10H2,1-5H3,(H,19,20,21)/t12-,14+/m1/s1. The van der Waals surface area contributed by atoms with Crippen molar-refractivity contribution in [3.05, 3.63) is 29.8 Å². The van der Waals surface area contributed by atoms with Gasteiger partial charge in [0.15, 0.2) is 0 Å². The average Bonchev–Trinajstić information content (AvgIpc) is 3.04. The van der Waals surface area contributed by atoms with Crippen LogP contribution in [0.5, 0.6) is 0 Å². The minimum atomic E-state index is -0.0765. The van der Waals surface area contributed by atoms with Gasteiger partial charge in [0, 0.05) is 18.2 Å². The van der Waals surface area contributed by atoms with Crippen molar-refractivity contribution >= 4 is 11.6 Å². The lowest BCUT2D eigenvalue weighted by Gasteiger charge is -2.22. The molecule has 5 nitrogen and oxygen atoms in total. The highest BCUT2D eigenvalue weighted by Gasteiger charge is 2.28. The Labute approximate surface area is 138 Å². The molecule has 1 saturated carbocycles. The zero-order chi connectivity index (χ0) is 16.6. The summed E-state index contributed by atoms with van der Waals surface area (Å²) >= 11 is 0. The summed E-state index contributed by atoms with van der Waals surface area (Å²) in [5.41, 5.74) is 1.13. The first-order chi connectivity index (χ1) is 10.8. The molecule has 124 valence electrons. The molecule has 0 aliphatic heterocycles. The number of hydrogen-bond acceptors (Lipinski definition) is 4. The number of anilines is 2. The first-order valence-corrected chi connectivity index (χ1v) is 8.50. The van der Waals surface area contributed by atoms with E-state index in [1.165, 1.54) is 25.0 Å². The van der Waals surface area contributed by atoms with E-state index in [1.807, 2.05) is 13.0 Å². The number of nitrogens with zero attached hydrogens (tertiary/aromatic N) is 4. The number of nitrogens with one attached hydrogen (secondary N) is 1. The molecule has 5 heteroatoms. The van der Waals surface area contributed by atoms with E-state index in [2.05, 4.69) is 53.7 Å². The van der Waals surface area contributed by atoms with E-state index in [0.717, 1.165) is 23.4 Å². The second kappa shape index (κ2) is 5.95.